The van der Waals surface area contributed by atoms with Gasteiger partial charge in [0.05, 0.1) is 23.9 Å². The van der Waals surface area contributed by atoms with Crippen molar-refractivity contribution in [3.8, 4) is 0 Å². The molecule has 0 saturated carbocycles. The minimum atomic E-state index is -1.60. The van der Waals surface area contributed by atoms with Crippen LogP contribution in [-0.2, 0) is 74.4 Å². The van der Waals surface area contributed by atoms with E-state index in [9.17, 15) is 58.8 Å². The van der Waals surface area contributed by atoms with Gasteiger partial charge in [0, 0.05) is 0 Å². The molecular formula is C20H34FeN5O16+2. The van der Waals surface area contributed by atoms with Crippen molar-refractivity contribution in [1.29, 1.82) is 0 Å². The molecule has 241 valence electrons. The van der Waals surface area contributed by atoms with E-state index in [1.807, 2.05) is 0 Å². The molecule has 2 heterocycles. The smallest absolute Gasteiger partial charge is 0.544 e. The summed E-state index contributed by atoms with van der Waals surface area (Å²) in [6, 6.07) is 0. The number of hydrogen-bond donors (Lipinski definition) is 3. The molecule has 2 aliphatic rings. The molecule has 1 radical (unpaired) electrons. The summed E-state index contributed by atoms with van der Waals surface area (Å²) in [7, 11) is 0. The van der Waals surface area contributed by atoms with Gasteiger partial charge in [0.2, 0.25) is 0 Å². The van der Waals surface area contributed by atoms with Gasteiger partial charge in [-0.2, -0.15) is 0 Å². The number of aliphatic carboxylic acids is 4. The third-order valence-electron chi connectivity index (χ3n) is 4.93. The summed E-state index contributed by atoms with van der Waals surface area (Å²) in [5.74, 6) is -9.66. The number of quaternary nitrogens is 3. The fourth-order valence-electron chi connectivity index (χ4n) is 3.67. The van der Waals surface area contributed by atoms with Gasteiger partial charge in [-0.3, -0.25) is 8.97 Å². The molecule has 2 rings (SSSR count). The Hall–Kier alpha value is -3.92. The Bertz CT molecular complexity index is 826. The number of carbonyl (C=O) groups excluding carboxylic acids is 8. The first-order valence-electron chi connectivity index (χ1n) is 10.8. The number of esters is 4. The van der Waals surface area contributed by atoms with Gasteiger partial charge in [0.15, 0.2) is 26.2 Å². The summed E-state index contributed by atoms with van der Waals surface area (Å²) in [5, 5.41) is 42.8. The van der Waals surface area contributed by atoms with E-state index in [2.05, 4.69) is 18.9 Å². The molecule has 2 aliphatic heterocycles. The van der Waals surface area contributed by atoms with Gasteiger partial charge in [-0.15, -0.1) is 0 Å². The maximum atomic E-state index is 11.4. The quantitative estimate of drug-likeness (QED) is 0.0944. The minimum Gasteiger partial charge on any atom is -0.544 e. The fourth-order valence-corrected chi connectivity index (χ4v) is 3.67. The van der Waals surface area contributed by atoms with Crippen molar-refractivity contribution < 1.29 is 104 Å². The average Bonchev–Trinajstić information content (AvgIpc) is 2.82. The van der Waals surface area contributed by atoms with Crippen LogP contribution in [0.3, 0.4) is 0 Å². The van der Waals surface area contributed by atoms with E-state index < -0.39 is 109 Å². The molecular weight excluding hydrogens is 622 g/mol. The van der Waals surface area contributed by atoms with Crippen molar-refractivity contribution in [2.24, 2.45) is 0 Å². The topological polar surface area (TPSA) is 372 Å². The van der Waals surface area contributed by atoms with Crippen LogP contribution in [0.1, 0.15) is 0 Å². The van der Waals surface area contributed by atoms with E-state index in [1.165, 1.54) is 0 Å². The van der Waals surface area contributed by atoms with Crippen molar-refractivity contribution in [1.82, 2.24) is 18.5 Å². The van der Waals surface area contributed by atoms with E-state index in [-0.39, 0.29) is 61.9 Å². The zero-order chi connectivity index (χ0) is 28.9. The van der Waals surface area contributed by atoms with Crippen LogP contribution in [0.2, 0.25) is 0 Å². The van der Waals surface area contributed by atoms with Gasteiger partial charge in [0.25, 0.3) is 0 Å². The first kappa shape index (κ1) is 45.1. The third kappa shape index (κ3) is 17.7. The third-order valence-corrected chi connectivity index (χ3v) is 4.93. The summed E-state index contributed by atoms with van der Waals surface area (Å²) >= 11 is 0. The van der Waals surface area contributed by atoms with E-state index in [4.69, 9.17) is 0 Å². The Morgan fingerprint density at radius 2 is 0.667 bits per heavy atom. The maximum absolute atomic E-state index is 11.4. The summed E-state index contributed by atoms with van der Waals surface area (Å²) < 4.78 is 16.9. The maximum Gasteiger partial charge on any atom is 3.00 e. The molecule has 0 aromatic rings. The summed E-state index contributed by atoms with van der Waals surface area (Å²) in [6.45, 7) is -6.35. The number of carboxylic acids is 4. The fraction of sp³-hybridized carbons (Fsp3) is 0.600. The molecule has 2 fully saturated rings. The molecule has 21 nitrogen and oxygen atoms in total. The van der Waals surface area contributed by atoms with E-state index >= 15 is 0 Å². The molecule has 0 spiro atoms. The Kier molecular flexibility index (Phi) is 22.4. The van der Waals surface area contributed by atoms with Crippen LogP contribution in [0.5, 0.6) is 0 Å². The van der Waals surface area contributed by atoms with Crippen LogP contribution in [0, 0.1) is 0 Å². The zero-order valence-electron chi connectivity index (χ0n) is 22.7. The standard InChI is InChI=1S/2C10H13NO8.Fe.3H3N/c2*12-7(13)3-11(4-8(14)15)5-9(16)18-1-2-19-10(17)6-11;;;;/h2*1-6H2,(H-,12,13,14,15);;3*1H3/q;;+3;;;/p-1. The molecule has 10 N–H and O–H groups in total. The normalized spacial score (nSPS) is 17.5. The van der Waals surface area contributed by atoms with Gasteiger partial charge in [-0.05, 0) is 0 Å². The second kappa shape index (κ2) is 20.9. The predicted molar refractivity (Wildman–Crippen MR) is 119 cm³/mol. The second-order valence-electron chi connectivity index (χ2n) is 8.32. The van der Waals surface area contributed by atoms with Crippen molar-refractivity contribution in [3.63, 3.8) is 0 Å². The molecule has 0 amide bonds. The SMILES string of the molecule is N.N.O=C([O-])C[N+]1(CC(=O)[O-])CC(=O)OCCOC(=O)C1.O=C([O-])C[N+]1(CC(=O)[O-])CC(=O)OCCOC(=O)C1.[Fe+3].[NH4+]. The van der Waals surface area contributed by atoms with Crippen LogP contribution in [-0.4, -0.2) is 136 Å². The Morgan fingerprint density at radius 3 is 0.810 bits per heavy atom. The number of hydrogen-bond acceptors (Lipinski definition) is 18. The number of carbonyl (C=O) groups is 8. The van der Waals surface area contributed by atoms with Gasteiger partial charge in [-0.1, -0.05) is 0 Å². The number of carboxylic acid groups (broad SMARTS) is 4. The van der Waals surface area contributed by atoms with E-state index in [1.54, 1.807) is 0 Å². The van der Waals surface area contributed by atoms with Crippen molar-refractivity contribution in [3.05, 3.63) is 0 Å². The van der Waals surface area contributed by atoms with Crippen molar-refractivity contribution in [2.75, 3.05) is 78.8 Å². The van der Waals surface area contributed by atoms with Gasteiger partial charge in [-0.25, -0.2) is 19.2 Å². The van der Waals surface area contributed by atoms with Crippen LogP contribution >= 0.6 is 0 Å². The molecule has 2 saturated heterocycles. The summed E-state index contributed by atoms with van der Waals surface area (Å²) in [6.07, 6.45) is 0. The number of nitrogens with zero attached hydrogens (tertiary/aromatic N) is 2. The molecule has 0 aromatic carbocycles. The van der Waals surface area contributed by atoms with E-state index in [0.717, 1.165) is 0 Å². The monoisotopic (exact) mass is 656 g/mol. The first-order valence-corrected chi connectivity index (χ1v) is 10.8. The molecule has 42 heavy (non-hydrogen) atoms. The minimum absolute atomic E-state index is 0. The Labute approximate surface area is 249 Å². The molecule has 22 heteroatoms. The largest absolute Gasteiger partial charge is 3.00 e. The Morgan fingerprint density at radius 1 is 0.500 bits per heavy atom. The first-order chi connectivity index (χ1) is 17.7. The molecule has 0 bridgehead atoms. The molecule has 0 aliphatic carbocycles. The number of rotatable bonds is 8. The predicted octanol–water partition coefficient (Wildman–Crippen LogP) is -8.50. The average molecular weight is 656 g/mol. The van der Waals surface area contributed by atoms with Gasteiger partial charge >= 0.3 is 40.9 Å². The molecule has 0 aromatic heterocycles. The van der Waals surface area contributed by atoms with Gasteiger partial charge in [0.1, 0.15) is 52.6 Å². The van der Waals surface area contributed by atoms with E-state index in [0.29, 0.717) is 0 Å². The number of cyclic esters (lactones) is 4. The Balaban J connectivity index is -0.000000314. The summed E-state index contributed by atoms with van der Waals surface area (Å²) in [5.41, 5.74) is 0. The van der Waals surface area contributed by atoms with Crippen LogP contribution in [0.15, 0.2) is 0 Å². The molecule has 0 atom stereocenters. The second-order valence-corrected chi connectivity index (χ2v) is 8.32. The zero-order valence-corrected chi connectivity index (χ0v) is 23.8. The van der Waals surface area contributed by atoms with Gasteiger partial charge < -0.3 is 77.0 Å². The molecule has 0 unspecified atom stereocenters. The van der Waals surface area contributed by atoms with Crippen LogP contribution in [0.4, 0.5) is 0 Å². The van der Waals surface area contributed by atoms with Crippen molar-refractivity contribution >= 4 is 47.8 Å². The van der Waals surface area contributed by atoms with Crippen LogP contribution in [0.25, 0.3) is 0 Å². The number of ether oxygens (including phenoxy) is 4. The summed E-state index contributed by atoms with van der Waals surface area (Å²) in [4.78, 5) is 88.6. The van der Waals surface area contributed by atoms with Crippen LogP contribution < -0.4 is 38.9 Å². The van der Waals surface area contributed by atoms with Crippen molar-refractivity contribution in [2.45, 2.75) is 0 Å².